The van der Waals surface area contributed by atoms with Gasteiger partial charge in [-0.15, -0.1) is 0 Å². The van der Waals surface area contributed by atoms with Gasteiger partial charge in [0.25, 0.3) is 11.5 Å². The molecule has 0 fully saturated rings. The Kier molecular flexibility index (Phi) is 3.96. The minimum absolute atomic E-state index is 0.00353. The molecule has 3 rings (SSSR count). The molecule has 0 spiro atoms. The van der Waals surface area contributed by atoms with E-state index in [-0.39, 0.29) is 17.5 Å². The molecule has 1 aromatic carbocycles. The predicted octanol–water partition coefficient (Wildman–Crippen LogP) is 2.26. The van der Waals surface area contributed by atoms with Crippen molar-refractivity contribution < 1.29 is 4.79 Å². The highest BCUT2D eigenvalue weighted by Gasteiger charge is 2.17. The summed E-state index contributed by atoms with van der Waals surface area (Å²) in [6, 6.07) is 5.30. The highest BCUT2D eigenvalue weighted by Crippen LogP contribution is 2.16. The fourth-order valence-corrected chi connectivity index (χ4v) is 3.04. The second-order valence-corrected chi connectivity index (χ2v) is 5.98. The van der Waals surface area contributed by atoms with Crippen LogP contribution in [0, 0.1) is 0 Å². The lowest BCUT2D eigenvalue weighted by atomic mass is 10.1. The summed E-state index contributed by atoms with van der Waals surface area (Å²) in [6.07, 6.45) is 3.77. The van der Waals surface area contributed by atoms with Crippen LogP contribution >= 0.6 is 0 Å². The molecule has 116 valence electrons. The van der Waals surface area contributed by atoms with Crippen molar-refractivity contribution in [3.63, 3.8) is 0 Å². The smallest absolute Gasteiger partial charge is 0.261 e. The fraction of sp³-hybridized carbons (Fsp3) is 0.471. The number of carbonyl (C=O) groups excluding carboxylic acids is 1. The topological polar surface area (TPSA) is 64.0 Å². The third kappa shape index (κ3) is 2.63. The lowest BCUT2D eigenvalue weighted by Gasteiger charge is -2.13. The molecular formula is C17H21N3O2. The van der Waals surface area contributed by atoms with Crippen LogP contribution in [0.25, 0.3) is 10.9 Å². The Morgan fingerprint density at radius 2 is 2.27 bits per heavy atom. The summed E-state index contributed by atoms with van der Waals surface area (Å²) in [5.41, 5.74) is 1.18. The quantitative estimate of drug-likeness (QED) is 0.942. The zero-order valence-corrected chi connectivity index (χ0v) is 13.1. The normalized spacial score (nSPS) is 14.8. The van der Waals surface area contributed by atoms with Crippen LogP contribution in [0.15, 0.2) is 23.0 Å². The Morgan fingerprint density at radius 1 is 1.45 bits per heavy atom. The van der Waals surface area contributed by atoms with Crippen molar-refractivity contribution in [1.82, 2.24) is 14.9 Å². The van der Waals surface area contributed by atoms with Gasteiger partial charge in [-0.1, -0.05) is 13.3 Å². The molecule has 0 saturated carbocycles. The molecule has 0 saturated heterocycles. The molecule has 1 N–H and O–H groups in total. The van der Waals surface area contributed by atoms with E-state index in [1.165, 1.54) is 0 Å². The van der Waals surface area contributed by atoms with Gasteiger partial charge in [-0.05, 0) is 38.0 Å². The van der Waals surface area contributed by atoms with Crippen molar-refractivity contribution in [2.75, 3.05) is 0 Å². The zero-order chi connectivity index (χ0) is 15.7. The van der Waals surface area contributed by atoms with E-state index >= 15 is 0 Å². The summed E-state index contributed by atoms with van der Waals surface area (Å²) in [4.78, 5) is 29.2. The molecule has 0 aliphatic carbocycles. The lowest BCUT2D eigenvalue weighted by Crippen LogP contribution is -2.32. The fourth-order valence-electron chi connectivity index (χ4n) is 3.04. The molecule has 1 atom stereocenters. The van der Waals surface area contributed by atoms with Crippen LogP contribution in [0.4, 0.5) is 0 Å². The molecule has 2 aromatic rings. The summed E-state index contributed by atoms with van der Waals surface area (Å²) < 4.78 is 1.74. The molecule has 0 unspecified atom stereocenters. The van der Waals surface area contributed by atoms with Crippen molar-refractivity contribution in [2.45, 2.75) is 52.1 Å². The molecular weight excluding hydrogens is 278 g/mol. The van der Waals surface area contributed by atoms with Crippen LogP contribution in [0.3, 0.4) is 0 Å². The highest BCUT2D eigenvalue weighted by molar-refractivity contribution is 5.97. The third-order valence-electron chi connectivity index (χ3n) is 4.18. The molecule has 1 amide bonds. The summed E-state index contributed by atoms with van der Waals surface area (Å²) >= 11 is 0. The lowest BCUT2D eigenvalue weighted by molar-refractivity contribution is 0.0938. The van der Waals surface area contributed by atoms with Crippen molar-refractivity contribution in [2.24, 2.45) is 0 Å². The van der Waals surface area contributed by atoms with Crippen molar-refractivity contribution in [3.05, 3.63) is 39.9 Å². The first-order valence-corrected chi connectivity index (χ1v) is 7.94. The Bertz CT molecular complexity index is 779. The monoisotopic (exact) mass is 299 g/mol. The van der Waals surface area contributed by atoms with E-state index in [2.05, 4.69) is 17.2 Å². The third-order valence-corrected chi connectivity index (χ3v) is 4.18. The molecule has 1 aromatic heterocycles. The van der Waals surface area contributed by atoms with E-state index in [1.54, 1.807) is 22.8 Å². The Labute approximate surface area is 129 Å². The van der Waals surface area contributed by atoms with Gasteiger partial charge in [0, 0.05) is 24.6 Å². The van der Waals surface area contributed by atoms with Crippen LogP contribution in [0.1, 0.15) is 49.3 Å². The minimum Gasteiger partial charge on any atom is -0.350 e. The maximum Gasteiger partial charge on any atom is 0.261 e. The van der Waals surface area contributed by atoms with Crippen LogP contribution in [-0.4, -0.2) is 21.5 Å². The number of fused-ring (bicyclic) bond motifs is 2. The van der Waals surface area contributed by atoms with E-state index in [9.17, 15) is 9.59 Å². The van der Waals surface area contributed by atoms with E-state index in [0.29, 0.717) is 16.5 Å². The number of nitrogens with one attached hydrogen (secondary N) is 1. The minimum atomic E-state index is -0.106. The first-order valence-electron chi connectivity index (χ1n) is 7.94. The molecule has 0 radical (unpaired) electrons. The maximum absolute atomic E-state index is 12.4. The highest BCUT2D eigenvalue weighted by atomic mass is 16.1. The van der Waals surface area contributed by atoms with E-state index in [4.69, 9.17) is 0 Å². The van der Waals surface area contributed by atoms with Gasteiger partial charge in [-0.2, -0.15) is 0 Å². The van der Waals surface area contributed by atoms with Gasteiger partial charge in [0.15, 0.2) is 0 Å². The molecule has 22 heavy (non-hydrogen) atoms. The average molecular weight is 299 g/mol. The number of aromatic nitrogens is 2. The number of rotatable bonds is 4. The number of carbonyl (C=O) groups is 1. The Hall–Kier alpha value is -2.17. The number of hydrogen-bond donors (Lipinski definition) is 1. The Balaban J connectivity index is 1.95. The summed E-state index contributed by atoms with van der Waals surface area (Å²) in [5.74, 6) is 0.722. The van der Waals surface area contributed by atoms with Gasteiger partial charge in [0.1, 0.15) is 5.82 Å². The average Bonchev–Trinajstić information content (AvgIpc) is 2.95. The first-order chi connectivity index (χ1) is 10.6. The van der Waals surface area contributed by atoms with Crippen LogP contribution in [0.5, 0.6) is 0 Å². The number of aryl methyl sites for hydroxylation is 1. The van der Waals surface area contributed by atoms with Gasteiger partial charge in [0.2, 0.25) is 0 Å². The molecule has 5 nitrogen and oxygen atoms in total. The van der Waals surface area contributed by atoms with Crippen LogP contribution in [-0.2, 0) is 13.0 Å². The number of benzene rings is 1. The van der Waals surface area contributed by atoms with E-state index in [1.807, 2.05) is 6.92 Å². The SMILES string of the molecule is CCC[C@H](C)NC(=O)c1ccc2c(=O)n3c(nc2c1)CCC3. The zero-order valence-electron chi connectivity index (χ0n) is 13.1. The van der Waals surface area contributed by atoms with E-state index in [0.717, 1.165) is 38.1 Å². The summed E-state index contributed by atoms with van der Waals surface area (Å²) in [6.45, 7) is 4.84. The van der Waals surface area contributed by atoms with Gasteiger partial charge in [0.05, 0.1) is 10.9 Å². The van der Waals surface area contributed by atoms with Gasteiger partial charge < -0.3 is 5.32 Å². The van der Waals surface area contributed by atoms with Crippen LogP contribution in [0.2, 0.25) is 0 Å². The van der Waals surface area contributed by atoms with Crippen molar-refractivity contribution in [1.29, 1.82) is 0 Å². The summed E-state index contributed by atoms with van der Waals surface area (Å²) in [7, 11) is 0. The second-order valence-electron chi connectivity index (χ2n) is 5.98. The first kappa shape index (κ1) is 14.8. The summed E-state index contributed by atoms with van der Waals surface area (Å²) in [5, 5.41) is 3.57. The maximum atomic E-state index is 12.4. The molecule has 1 aliphatic heterocycles. The number of nitrogens with zero attached hydrogens (tertiary/aromatic N) is 2. The van der Waals surface area contributed by atoms with Gasteiger partial charge in [-0.3, -0.25) is 14.2 Å². The van der Waals surface area contributed by atoms with Crippen LogP contribution < -0.4 is 10.9 Å². The largest absolute Gasteiger partial charge is 0.350 e. The molecule has 0 bridgehead atoms. The van der Waals surface area contributed by atoms with Gasteiger partial charge >= 0.3 is 0 Å². The number of hydrogen-bond acceptors (Lipinski definition) is 3. The second kappa shape index (κ2) is 5.91. The standard InChI is InChI=1S/C17H21N3O2/c1-3-5-11(2)18-16(21)12-7-8-13-14(10-12)19-15-6-4-9-20(15)17(13)22/h7-8,10-11H,3-6,9H2,1-2H3,(H,18,21)/t11-/m0/s1. The van der Waals surface area contributed by atoms with Crippen molar-refractivity contribution >= 4 is 16.8 Å². The molecule has 2 heterocycles. The van der Waals surface area contributed by atoms with Crippen molar-refractivity contribution in [3.8, 4) is 0 Å². The Morgan fingerprint density at radius 3 is 3.05 bits per heavy atom. The predicted molar refractivity (Wildman–Crippen MR) is 86.2 cm³/mol. The molecule has 5 heteroatoms. The van der Waals surface area contributed by atoms with E-state index < -0.39 is 0 Å². The number of amides is 1. The molecule has 1 aliphatic rings. The van der Waals surface area contributed by atoms with Gasteiger partial charge in [-0.25, -0.2) is 4.98 Å².